The molecular weight excluding hydrogens is 885 g/mol. The summed E-state index contributed by atoms with van der Waals surface area (Å²) in [5.74, 6) is -0.861. The number of benzene rings is 4. The van der Waals surface area contributed by atoms with Gasteiger partial charge in [0.2, 0.25) is 0 Å². The molecule has 0 radical (unpaired) electrons. The summed E-state index contributed by atoms with van der Waals surface area (Å²) in [5.41, 5.74) is 3.39. The summed E-state index contributed by atoms with van der Waals surface area (Å²) in [6.45, 7) is 4.10. The predicted octanol–water partition coefficient (Wildman–Crippen LogP) is 7.04. The van der Waals surface area contributed by atoms with Gasteiger partial charge in [-0.3, -0.25) is 9.36 Å². The highest BCUT2D eigenvalue weighted by Crippen LogP contribution is 2.35. The predicted molar refractivity (Wildman–Crippen MR) is 206 cm³/mol. The zero-order valence-corrected chi connectivity index (χ0v) is 32.0. The molecule has 0 unspecified atom stereocenters. The molecule has 1 aliphatic rings. The van der Waals surface area contributed by atoms with Crippen molar-refractivity contribution < 1.29 is 28.2 Å². The normalized spacial score (nSPS) is 14.2. The lowest BCUT2D eigenvalue weighted by molar-refractivity contribution is -0.138. The summed E-state index contributed by atoms with van der Waals surface area (Å²) < 4.78 is 34.7. The highest BCUT2D eigenvalue weighted by molar-refractivity contribution is 14.1. The first kappa shape index (κ1) is 35.7. The minimum atomic E-state index is -0.924. The molecule has 1 aliphatic heterocycles. The van der Waals surface area contributed by atoms with Crippen molar-refractivity contribution in [3.05, 3.63) is 157 Å². The first-order valence-corrected chi connectivity index (χ1v) is 18.6. The number of hydrogen-bond acceptors (Lipinski definition) is 8. The Morgan fingerprint density at radius 3 is 2.28 bits per heavy atom. The van der Waals surface area contributed by atoms with Crippen LogP contribution in [0.15, 0.2) is 106 Å². The maximum atomic E-state index is 14.4. The van der Waals surface area contributed by atoms with Gasteiger partial charge in [-0.25, -0.2) is 19.0 Å². The van der Waals surface area contributed by atoms with Gasteiger partial charge in [-0.2, -0.15) is 0 Å². The molecular formula is C38H29FI2N2O6S. The van der Waals surface area contributed by atoms with E-state index in [0.29, 0.717) is 49.6 Å². The molecule has 0 saturated heterocycles. The van der Waals surface area contributed by atoms with Crippen LogP contribution >= 0.6 is 56.5 Å². The number of fused-ring (bicyclic) bond motifs is 1. The van der Waals surface area contributed by atoms with Crippen molar-refractivity contribution in [1.82, 2.24) is 4.57 Å². The molecule has 50 heavy (non-hydrogen) atoms. The number of carbonyl (C=O) groups is 2. The van der Waals surface area contributed by atoms with Gasteiger partial charge in [-0.1, -0.05) is 65.9 Å². The quantitative estimate of drug-likeness (QED) is 0.110. The molecule has 1 aromatic heterocycles. The molecule has 6 rings (SSSR count). The highest BCUT2D eigenvalue weighted by atomic mass is 127. The number of halogens is 3. The third kappa shape index (κ3) is 7.61. The van der Waals surface area contributed by atoms with E-state index in [1.165, 1.54) is 28.0 Å². The van der Waals surface area contributed by atoms with E-state index in [1.54, 1.807) is 44.2 Å². The van der Waals surface area contributed by atoms with Gasteiger partial charge >= 0.3 is 11.9 Å². The zero-order valence-electron chi connectivity index (χ0n) is 26.8. The molecule has 0 bridgehead atoms. The van der Waals surface area contributed by atoms with Crippen molar-refractivity contribution in [3.8, 4) is 5.75 Å². The first-order valence-electron chi connectivity index (χ1n) is 15.6. The number of rotatable bonds is 10. The van der Waals surface area contributed by atoms with Crippen molar-refractivity contribution in [2.24, 2.45) is 4.99 Å². The van der Waals surface area contributed by atoms with Crippen LogP contribution in [0.3, 0.4) is 0 Å². The van der Waals surface area contributed by atoms with E-state index in [2.05, 4.69) is 45.2 Å². The van der Waals surface area contributed by atoms with Gasteiger partial charge in [-0.15, -0.1) is 0 Å². The molecule has 12 heteroatoms. The van der Waals surface area contributed by atoms with Crippen LogP contribution in [0.5, 0.6) is 5.75 Å². The molecule has 2 heterocycles. The highest BCUT2D eigenvalue weighted by Gasteiger charge is 2.35. The van der Waals surface area contributed by atoms with Crippen molar-refractivity contribution >= 4 is 80.2 Å². The van der Waals surface area contributed by atoms with E-state index in [-0.39, 0.29) is 30.3 Å². The van der Waals surface area contributed by atoms with E-state index in [9.17, 15) is 18.8 Å². The Bertz CT molecular complexity index is 2290. The average Bonchev–Trinajstić information content (AvgIpc) is 3.42. The monoisotopic (exact) mass is 914 g/mol. The Kier molecular flexibility index (Phi) is 11.3. The van der Waals surface area contributed by atoms with E-state index in [4.69, 9.17) is 19.2 Å². The molecule has 0 amide bonds. The molecule has 0 fully saturated rings. The number of ether oxygens (including phenoxy) is 3. The maximum Gasteiger partial charge on any atom is 0.338 e. The Balaban J connectivity index is 1.48. The summed E-state index contributed by atoms with van der Waals surface area (Å²) >= 11 is 5.62. The van der Waals surface area contributed by atoms with Gasteiger partial charge in [0.05, 0.1) is 44.2 Å². The molecule has 0 N–H and O–H groups in total. The van der Waals surface area contributed by atoms with Crippen LogP contribution < -0.4 is 19.6 Å². The van der Waals surface area contributed by atoms with Crippen LogP contribution in [0.2, 0.25) is 0 Å². The summed E-state index contributed by atoms with van der Waals surface area (Å²) in [7, 11) is 0. The number of esters is 2. The molecule has 254 valence electrons. The number of aromatic nitrogens is 1. The number of hydrogen-bond donors (Lipinski definition) is 0. The molecule has 4 aromatic carbocycles. The van der Waals surface area contributed by atoms with Crippen molar-refractivity contribution in [2.45, 2.75) is 26.5 Å². The second kappa shape index (κ2) is 15.8. The second-order valence-electron chi connectivity index (χ2n) is 11.0. The third-order valence-electron chi connectivity index (χ3n) is 7.73. The minimum absolute atomic E-state index is 0.120. The van der Waals surface area contributed by atoms with Crippen molar-refractivity contribution in [3.63, 3.8) is 0 Å². The van der Waals surface area contributed by atoms with E-state index in [0.717, 1.165) is 12.7 Å². The minimum Gasteiger partial charge on any atom is -0.487 e. The fourth-order valence-corrected chi connectivity index (χ4v) is 8.53. The van der Waals surface area contributed by atoms with Gasteiger partial charge in [0.1, 0.15) is 18.2 Å². The fourth-order valence-electron chi connectivity index (χ4n) is 5.49. The average molecular weight is 915 g/mol. The SMILES string of the molecule is CCOC(=O)C1=C(c2ccccc2)N=c2s/c(=C\c3cc(I)cc(I)c3OCc3ccc(C(=O)OCC)cc3)c(=O)n2[C@@H]1c1ccc(F)cc1. The molecule has 8 nitrogen and oxygen atoms in total. The Morgan fingerprint density at radius 2 is 1.60 bits per heavy atom. The molecule has 0 aliphatic carbocycles. The van der Waals surface area contributed by atoms with E-state index < -0.39 is 17.8 Å². The Morgan fingerprint density at radius 1 is 0.920 bits per heavy atom. The number of carbonyl (C=O) groups excluding carboxylic acids is 2. The topological polar surface area (TPSA) is 96.2 Å². The van der Waals surface area contributed by atoms with Crippen LogP contribution in [-0.2, 0) is 20.9 Å². The smallest absolute Gasteiger partial charge is 0.338 e. The number of thiazole rings is 1. The van der Waals surface area contributed by atoms with Crippen molar-refractivity contribution in [2.75, 3.05) is 13.2 Å². The molecule has 5 aromatic rings. The largest absolute Gasteiger partial charge is 0.487 e. The lowest BCUT2D eigenvalue weighted by atomic mass is 9.93. The Labute approximate surface area is 318 Å². The molecule has 0 saturated carbocycles. The van der Waals surface area contributed by atoms with Crippen LogP contribution in [0.1, 0.15) is 52.5 Å². The lowest BCUT2D eigenvalue weighted by Crippen LogP contribution is -2.40. The van der Waals surface area contributed by atoms with Crippen molar-refractivity contribution in [1.29, 1.82) is 0 Å². The zero-order chi connectivity index (χ0) is 35.4. The van der Waals surface area contributed by atoms with Gasteiger partial charge in [-0.05, 0) is 113 Å². The van der Waals surface area contributed by atoms with Gasteiger partial charge in [0.15, 0.2) is 4.80 Å². The van der Waals surface area contributed by atoms with Crippen LogP contribution in [0.25, 0.3) is 11.8 Å². The van der Waals surface area contributed by atoms with Gasteiger partial charge in [0, 0.05) is 14.7 Å². The number of nitrogens with zero attached hydrogens (tertiary/aromatic N) is 2. The van der Waals surface area contributed by atoms with E-state index >= 15 is 0 Å². The third-order valence-corrected chi connectivity index (χ3v) is 10.1. The van der Waals surface area contributed by atoms with Crippen LogP contribution in [0, 0.1) is 13.0 Å². The fraction of sp³-hybridized carbons (Fsp3) is 0.158. The summed E-state index contributed by atoms with van der Waals surface area (Å²) in [6.07, 6.45) is 1.77. The van der Waals surface area contributed by atoms with Crippen LogP contribution in [0.4, 0.5) is 4.39 Å². The molecule has 1 atom stereocenters. The second-order valence-corrected chi connectivity index (χ2v) is 14.4. The van der Waals surface area contributed by atoms with E-state index in [1.807, 2.05) is 54.6 Å². The first-order chi connectivity index (χ1) is 24.2. The van der Waals surface area contributed by atoms with Gasteiger partial charge < -0.3 is 14.2 Å². The summed E-state index contributed by atoms with van der Waals surface area (Å²) in [4.78, 5) is 45.4. The summed E-state index contributed by atoms with van der Waals surface area (Å²) in [6, 6.07) is 25.0. The lowest BCUT2D eigenvalue weighted by Gasteiger charge is -2.25. The standard InChI is InChI=1S/C38H29FI2N2O6S/c1-3-47-36(45)25-12-10-22(11-13-25)21-49-34-26(18-28(40)20-29(34)41)19-30-35(44)43-33(24-14-16-27(39)17-15-24)31(37(46)48-4-2)32(42-38(43)50-30)23-8-6-5-7-9-23/h5-20,33H,3-4,21H2,1-2H3/b30-19-/t33-/m1/s1. The molecule has 0 spiro atoms. The van der Waals surface area contributed by atoms with Gasteiger partial charge in [0.25, 0.3) is 5.56 Å². The Hall–Kier alpha value is -4.15. The maximum absolute atomic E-state index is 14.4. The van der Waals surface area contributed by atoms with Crippen LogP contribution in [-0.4, -0.2) is 29.7 Å². The summed E-state index contributed by atoms with van der Waals surface area (Å²) in [5, 5.41) is 0.